The van der Waals surface area contributed by atoms with Crippen molar-refractivity contribution in [1.29, 1.82) is 0 Å². The normalized spacial score (nSPS) is 12.4. The molecule has 7 nitrogen and oxygen atoms in total. The molecule has 1 aliphatic carbocycles. The fourth-order valence-electron chi connectivity index (χ4n) is 12.8. The van der Waals surface area contributed by atoms with Crippen LogP contribution in [-0.2, 0) is 6.42 Å². The highest BCUT2D eigenvalue weighted by atomic mass is 79.9. The van der Waals surface area contributed by atoms with Crippen molar-refractivity contribution in [1.82, 2.24) is 13.7 Å². The third kappa shape index (κ3) is 8.64. The quantitative estimate of drug-likeness (QED) is 0.172. The van der Waals surface area contributed by atoms with Gasteiger partial charge in [0.05, 0.1) is 44.8 Å². The Labute approximate surface area is 500 Å². The summed E-state index contributed by atoms with van der Waals surface area (Å²) in [7, 11) is 0. The number of hydrogen-bond acceptors (Lipinski definition) is 4. The van der Waals surface area contributed by atoms with Gasteiger partial charge < -0.3 is 33.0 Å². The van der Waals surface area contributed by atoms with Crippen molar-refractivity contribution in [2.75, 3.05) is 9.80 Å². The zero-order chi connectivity index (χ0) is 56.4. The summed E-state index contributed by atoms with van der Waals surface area (Å²) < 4.78 is 20.3. The fraction of sp³-hybridized carbons (Fsp3) is 0.0130. The van der Waals surface area contributed by atoms with E-state index >= 15 is 0 Å². The van der Waals surface area contributed by atoms with E-state index in [0.717, 1.165) is 79.4 Å². The SMILES string of the molecule is Brc1cccc(N2c3ccccc3Oc3ccccc32)c1.c1ccc(-n2ccc3c2ccc2c4ccccc4n(-c4cccc(N5c6ccccc6Oc6ccccc65)c4)c23)cc1.c1ccc(-n2ccc3c4c(ccc32)-c2ccccc2C4)cc1. The van der Waals surface area contributed by atoms with E-state index in [1.165, 1.54) is 71.6 Å². The highest BCUT2D eigenvalue weighted by molar-refractivity contribution is 9.10. The lowest BCUT2D eigenvalue weighted by Gasteiger charge is -2.33. The Morgan fingerprint density at radius 2 is 0.776 bits per heavy atom. The highest BCUT2D eigenvalue weighted by Crippen LogP contribution is 2.52. The van der Waals surface area contributed by atoms with E-state index in [9.17, 15) is 0 Å². The molecule has 0 saturated carbocycles. The molecule has 0 atom stereocenters. The Morgan fingerprint density at radius 1 is 0.306 bits per heavy atom. The summed E-state index contributed by atoms with van der Waals surface area (Å²) in [5.74, 6) is 3.44. The number of benzene rings is 12. The Kier molecular flexibility index (Phi) is 12.3. The maximum absolute atomic E-state index is 6.28. The van der Waals surface area contributed by atoms with Gasteiger partial charge in [-0.05, 0) is 168 Å². The van der Waals surface area contributed by atoms with Crippen LogP contribution in [0.3, 0.4) is 0 Å². The van der Waals surface area contributed by atoms with Gasteiger partial charge in [-0.3, -0.25) is 0 Å². The van der Waals surface area contributed by atoms with Crippen LogP contribution >= 0.6 is 15.9 Å². The van der Waals surface area contributed by atoms with Gasteiger partial charge in [-0.2, -0.15) is 0 Å². The monoisotopic (exact) mass is 1160 g/mol. The zero-order valence-electron chi connectivity index (χ0n) is 46.0. The Hall–Kier alpha value is -10.8. The number of hydrogen-bond donors (Lipinski definition) is 0. The summed E-state index contributed by atoms with van der Waals surface area (Å²) in [6, 6.07) is 102. The topological polar surface area (TPSA) is 39.7 Å². The minimum atomic E-state index is 0.849. The molecule has 2 aliphatic heterocycles. The first-order valence-corrected chi connectivity index (χ1v) is 29.4. The van der Waals surface area contributed by atoms with Crippen molar-refractivity contribution in [2.24, 2.45) is 0 Å². The molecule has 0 N–H and O–H groups in total. The molecule has 0 radical (unpaired) electrons. The third-order valence-electron chi connectivity index (χ3n) is 16.5. The van der Waals surface area contributed by atoms with Crippen LogP contribution in [0.1, 0.15) is 11.1 Å². The molecule has 404 valence electrons. The van der Waals surface area contributed by atoms with E-state index in [1.54, 1.807) is 0 Å². The summed E-state index contributed by atoms with van der Waals surface area (Å²) in [5, 5.41) is 5.09. The van der Waals surface area contributed by atoms with Crippen LogP contribution in [0.5, 0.6) is 23.0 Å². The number of rotatable bonds is 5. The van der Waals surface area contributed by atoms with Crippen molar-refractivity contribution < 1.29 is 9.47 Å². The van der Waals surface area contributed by atoms with Crippen LogP contribution in [0, 0.1) is 0 Å². The van der Waals surface area contributed by atoms with Gasteiger partial charge in [0.2, 0.25) is 0 Å². The van der Waals surface area contributed by atoms with Crippen LogP contribution in [-0.4, -0.2) is 13.7 Å². The number of halogens is 1. The van der Waals surface area contributed by atoms with Gasteiger partial charge >= 0.3 is 0 Å². The molecule has 0 saturated heterocycles. The van der Waals surface area contributed by atoms with E-state index in [0.29, 0.717) is 0 Å². The van der Waals surface area contributed by atoms with Crippen molar-refractivity contribution in [2.45, 2.75) is 6.42 Å². The van der Waals surface area contributed by atoms with Crippen LogP contribution < -0.4 is 19.3 Å². The lowest BCUT2D eigenvalue weighted by molar-refractivity contribution is 0.477. The van der Waals surface area contributed by atoms with E-state index in [2.05, 4.69) is 270 Å². The van der Waals surface area contributed by atoms with Crippen molar-refractivity contribution in [3.8, 4) is 51.2 Å². The number of fused-ring (bicyclic) bond motifs is 14. The number of nitrogens with zero attached hydrogens (tertiary/aromatic N) is 5. The van der Waals surface area contributed by atoms with Gasteiger partial charge in [-0.1, -0.05) is 168 Å². The predicted octanol–water partition coefficient (Wildman–Crippen LogP) is 21.5. The average molecular weight is 1160 g/mol. The van der Waals surface area contributed by atoms with Crippen molar-refractivity contribution >= 4 is 93.7 Å². The molecule has 5 heterocycles. The minimum Gasteiger partial charge on any atom is -0.453 e. The Balaban J connectivity index is 0.000000115. The molecule has 3 aliphatic rings. The Morgan fingerprint density at radius 3 is 1.39 bits per heavy atom. The largest absolute Gasteiger partial charge is 0.453 e. The summed E-state index contributed by atoms with van der Waals surface area (Å²) in [4.78, 5) is 4.52. The highest BCUT2D eigenvalue weighted by Gasteiger charge is 2.28. The number of anilines is 6. The van der Waals surface area contributed by atoms with Gasteiger partial charge in [0.1, 0.15) is 0 Å². The van der Waals surface area contributed by atoms with Gasteiger partial charge in [0, 0.05) is 66.8 Å². The molecule has 12 aromatic carbocycles. The second kappa shape index (κ2) is 20.9. The standard InChI is InChI=1S/C38H25N3O.C21H15N.C18H12BrNO/c1-2-11-26(12-3-1)39-24-23-31-32(39)22-21-30-29-15-4-5-16-33(29)41(38(30)31)28-14-10-13-27(25-28)40-34-17-6-8-19-36(34)42-37-20-9-7-18-35(37)40;1-2-7-16(8-3-1)22-13-12-19-20-14-15-6-4-5-9-17(15)18(20)10-11-21(19)22;19-13-6-5-7-14(12-13)20-15-8-1-3-10-17(15)21-18-11-4-2-9-16(18)20/h1-25H;1-13H,14H2;1-12H. The van der Waals surface area contributed by atoms with Crippen LogP contribution in [0.4, 0.5) is 34.1 Å². The summed E-state index contributed by atoms with van der Waals surface area (Å²) in [6.45, 7) is 0. The van der Waals surface area contributed by atoms with Crippen LogP contribution in [0.25, 0.3) is 71.8 Å². The van der Waals surface area contributed by atoms with E-state index in [-0.39, 0.29) is 0 Å². The van der Waals surface area contributed by atoms with E-state index in [4.69, 9.17) is 9.47 Å². The Bertz CT molecular complexity index is 4950. The van der Waals surface area contributed by atoms with Gasteiger partial charge in [0.25, 0.3) is 0 Å². The number of aromatic nitrogens is 3. The van der Waals surface area contributed by atoms with E-state index < -0.39 is 0 Å². The molecular weight excluding hydrogens is 1110 g/mol. The molecule has 0 bridgehead atoms. The lowest BCUT2D eigenvalue weighted by Crippen LogP contribution is -2.15. The molecule has 0 amide bonds. The van der Waals surface area contributed by atoms with Crippen LogP contribution in [0.15, 0.2) is 308 Å². The summed E-state index contributed by atoms with van der Waals surface area (Å²) in [6.07, 6.45) is 5.41. The first-order valence-electron chi connectivity index (χ1n) is 28.6. The molecule has 8 heteroatoms. The summed E-state index contributed by atoms with van der Waals surface area (Å²) >= 11 is 3.55. The molecular formula is C77H52BrN5O2. The maximum atomic E-state index is 6.28. The molecule has 18 rings (SSSR count). The van der Waals surface area contributed by atoms with Crippen molar-refractivity contribution in [3.63, 3.8) is 0 Å². The lowest BCUT2D eigenvalue weighted by atomic mass is 10.0. The average Bonchev–Trinajstić information content (AvgIpc) is 1.87. The fourth-order valence-corrected chi connectivity index (χ4v) is 13.2. The molecule has 0 unspecified atom stereocenters. The maximum Gasteiger partial charge on any atom is 0.151 e. The number of para-hydroxylation sites is 11. The molecule has 85 heavy (non-hydrogen) atoms. The third-order valence-corrected chi connectivity index (χ3v) is 17.0. The first-order chi connectivity index (χ1) is 42.1. The zero-order valence-corrected chi connectivity index (χ0v) is 47.6. The van der Waals surface area contributed by atoms with Crippen LogP contribution in [0.2, 0.25) is 0 Å². The van der Waals surface area contributed by atoms with Gasteiger partial charge in [0.15, 0.2) is 23.0 Å². The van der Waals surface area contributed by atoms with Gasteiger partial charge in [-0.25, -0.2) is 0 Å². The molecule has 3 aromatic heterocycles. The smallest absolute Gasteiger partial charge is 0.151 e. The second-order valence-electron chi connectivity index (χ2n) is 21.4. The second-order valence-corrected chi connectivity index (χ2v) is 22.3. The summed E-state index contributed by atoms with van der Waals surface area (Å²) in [5.41, 5.74) is 20.4. The molecule has 0 spiro atoms. The molecule has 0 fully saturated rings. The van der Waals surface area contributed by atoms with E-state index in [1.807, 2.05) is 72.8 Å². The first kappa shape index (κ1) is 50.0. The number of ether oxygens (including phenoxy) is 2. The predicted molar refractivity (Wildman–Crippen MR) is 353 cm³/mol. The molecule has 15 aromatic rings. The van der Waals surface area contributed by atoms with Gasteiger partial charge in [-0.15, -0.1) is 0 Å². The van der Waals surface area contributed by atoms with Crippen molar-refractivity contribution in [3.05, 3.63) is 319 Å². The minimum absolute atomic E-state index is 0.849.